The van der Waals surface area contributed by atoms with E-state index in [1.165, 1.54) is 11.0 Å². The van der Waals surface area contributed by atoms with Gasteiger partial charge in [-0.05, 0) is 40.8 Å². The first-order valence-electron chi connectivity index (χ1n) is 9.50. The Morgan fingerprint density at radius 3 is 2.32 bits per heavy atom. The third-order valence-electron chi connectivity index (χ3n) is 4.56. The van der Waals surface area contributed by atoms with Gasteiger partial charge in [0.2, 0.25) is 5.82 Å². The summed E-state index contributed by atoms with van der Waals surface area (Å²) in [4.78, 5) is 17.5. The summed E-state index contributed by atoms with van der Waals surface area (Å²) >= 11 is 0. The molecule has 0 aliphatic heterocycles. The summed E-state index contributed by atoms with van der Waals surface area (Å²) in [5, 5.41) is 18.4. The van der Waals surface area contributed by atoms with Crippen LogP contribution in [0.25, 0.3) is 22.8 Å². The first-order valence-corrected chi connectivity index (χ1v) is 9.50. The van der Waals surface area contributed by atoms with Crippen LogP contribution < -0.4 is 5.32 Å². The molecule has 5 rings (SSSR count). The van der Waals surface area contributed by atoms with E-state index in [-0.39, 0.29) is 5.82 Å². The molecule has 2 aromatic heterocycles. The molecule has 0 fully saturated rings. The van der Waals surface area contributed by atoms with Crippen molar-refractivity contribution in [2.45, 2.75) is 0 Å². The second-order valence-corrected chi connectivity index (χ2v) is 6.63. The molecule has 0 aliphatic rings. The van der Waals surface area contributed by atoms with Gasteiger partial charge in [-0.25, -0.2) is 14.3 Å². The Morgan fingerprint density at radius 1 is 0.839 bits per heavy atom. The number of amides is 1. The third-order valence-corrected chi connectivity index (χ3v) is 4.56. The second-order valence-electron chi connectivity index (χ2n) is 6.63. The number of hydrogen-bond acceptors (Lipinski definition) is 6. The van der Waals surface area contributed by atoms with Crippen LogP contribution in [-0.2, 0) is 0 Å². The van der Waals surface area contributed by atoms with Crippen LogP contribution in [-0.4, -0.2) is 40.9 Å². The SMILES string of the molecule is O=C(Nc1cccc(-n2cnnn2)c1)c1nc(-c2ccccc2)n(-c2ccccc2)n1. The van der Waals surface area contributed by atoms with Gasteiger partial charge < -0.3 is 5.32 Å². The lowest BCUT2D eigenvalue weighted by Gasteiger charge is -2.05. The van der Waals surface area contributed by atoms with Crippen molar-refractivity contribution >= 4 is 11.6 Å². The smallest absolute Gasteiger partial charge is 0.295 e. The topological polar surface area (TPSA) is 103 Å². The van der Waals surface area contributed by atoms with E-state index >= 15 is 0 Å². The molecule has 1 amide bonds. The van der Waals surface area contributed by atoms with Crippen molar-refractivity contribution in [2.75, 3.05) is 5.32 Å². The Bertz CT molecular complexity index is 1260. The number of tetrazole rings is 1. The lowest BCUT2D eigenvalue weighted by Crippen LogP contribution is -2.14. The summed E-state index contributed by atoms with van der Waals surface area (Å²) in [6, 6.07) is 26.4. The van der Waals surface area contributed by atoms with Gasteiger partial charge in [-0.15, -0.1) is 10.2 Å². The van der Waals surface area contributed by atoms with Crippen molar-refractivity contribution in [3.8, 4) is 22.8 Å². The molecule has 9 heteroatoms. The van der Waals surface area contributed by atoms with Gasteiger partial charge in [-0.1, -0.05) is 54.6 Å². The molecule has 0 unspecified atom stereocenters. The van der Waals surface area contributed by atoms with E-state index in [1.54, 1.807) is 22.9 Å². The highest BCUT2D eigenvalue weighted by atomic mass is 16.2. The lowest BCUT2D eigenvalue weighted by atomic mass is 10.2. The normalized spacial score (nSPS) is 10.7. The standard InChI is InChI=1S/C22H16N8O/c31-22(24-17-10-7-13-19(14-17)29-15-23-27-28-29)20-25-21(16-8-3-1-4-9-16)30(26-20)18-11-5-2-6-12-18/h1-15H,(H,24,31). The van der Waals surface area contributed by atoms with Gasteiger partial charge in [-0.3, -0.25) is 4.79 Å². The predicted molar refractivity (Wildman–Crippen MR) is 114 cm³/mol. The van der Waals surface area contributed by atoms with Crippen molar-refractivity contribution in [1.29, 1.82) is 0 Å². The fourth-order valence-electron chi connectivity index (χ4n) is 3.12. The van der Waals surface area contributed by atoms with Gasteiger partial charge in [0.1, 0.15) is 6.33 Å². The van der Waals surface area contributed by atoms with Crippen LogP contribution in [0.1, 0.15) is 10.6 Å². The average Bonchev–Trinajstić information content (AvgIpc) is 3.51. The molecule has 0 spiro atoms. The zero-order chi connectivity index (χ0) is 21.0. The van der Waals surface area contributed by atoms with Gasteiger partial charge in [0.25, 0.3) is 5.91 Å². The first-order chi connectivity index (χ1) is 15.3. The number of rotatable bonds is 5. The van der Waals surface area contributed by atoms with E-state index in [2.05, 4.69) is 30.9 Å². The maximum atomic E-state index is 12.9. The van der Waals surface area contributed by atoms with Crippen LogP contribution in [0.3, 0.4) is 0 Å². The molecule has 0 saturated heterocycles. The van der Waals surface area contributed by atoms with Gasteiger partial charge in [-0.2, -0.15) is 0 Å². The summed E-state index contributed by atoms with van der Waals surface area (Å²) in [6.07, 6.45) is 1.48. The number of carbonyl (C=O) groups is 1. The molecule has 0 aliphatic carbocycles. The van der Waals surface area contributed by atoms with Crippen molar-refractivity contribution < 1.29 is 4.79 Å². The van der Waals surface area contributed by atoms with E-state index in [4.69, 9.17) is 0 Å². The molecule has 3 aromatic carbocycles. The van der Waals surface area contributed by atoms with Crippen molar-refractivity contribution in [2.24, 2.45) is 0 Å². The zero-order valence-electron chi connectivity index (χ0n) is 16.2. The van der Waals surface area contributed by atoms with Crippen molar-refractivity contribution in [3.05, 3.63) is 97.1 Å². The van der Waals surface area contributed by atoms with Gasteiger partial charge in [0, 0.05) is 11.3 Å². The van der Waals surface area contributed by atoms with Gasteiger partial charge in [0.05, 0.1) is 11.4 Å². The Kier molecular flexibility index (Phi) is 4.74. The van der Waals surface area contributed by atoms with Crippen molar-refractivity contribution in [1.82, 2.24) is 35.0 Å². The van der Waals surface area contributed by atoms with Crippen LogP contribution in [0.5, 0.6) is 0 Å². The monoisotopic (exact) mass is 408 g/mol. The average molecular weight is 408 g/mol. The minimum Gasteiger partial charge on any atom is -0.319 e. The molecule has 0 saturated carbocycles. The first kappa shape index (κ1) is 18.4. The van der Waals surface area contributed by atoms with E-state index in [1.807, 2.05) is 66.7 Å². The van der Waals surface area contributed by atoms with Crippen LogP contribution in [0.15, 0.2) is 91.3 Å². The van der Waals surface area contributed by atoms with Crippen molar-refractivity contribution in [3.63, 3.8) is 0 Å². The number of benzene rings is 3. The predicted octanol–water partition coefficient (Wildman–Crippen LogP) is 3.16. The highest BCUT2D eigenvalue weighted by molar-refractivity contribution is 6.02. The molecule has 2 heterocycles. The number of carbonyl (C=O) groups excluding carboxylic acids is 1. The molecular formula is C22H16N8O. The van der Waals surface area contributed by atoms with Gasteiger partial charge >= 0.3 is 0 Å². The fraction of sp³-hybridized carbons (Fsp3) is 0. The Labute approximate surface area is 177 Å². The summed E-state index contributed by atoms with van der Waals surface area (Å²) < 4.78 is 3.17. The van der Waals surface area contributed by atoms with Crippen LogP contribution in [0, 0.1) is 0 Å². The number of nitrogens with one attached hydrogen (secondary N) is 1. The summed E-state index contributed by atoms with van der Waals surface area (Å²) in [6.45, 7) is 0. The quantitative estimate of drug-likeness (QED) is 0.479. The maximum Gasteiger partial charge on any atom is 0.295 e. The van der Waals surface area contributed by atoms with Crippen LogP contribution in [0.2, 0.25) is 0 Å². The molecule has 31 heavy (non-hydrogen) atoms. The Balaban J connectivity index is 1.49. The molecule has 150 valence electrons. The highest BCUT2D eigenvalue weighted by Crippen LogP contribution is 2.21. The van der Waals surface area contributed by atoms with Crippen LogP contribution >= 0.6 is 0 Å². The molecule has 9 nitrogen and oxygen atoms in total. The fourth-order valence-corrected chi connectivity index (χ4v) is 3.12. The zero-order valence-corrected chi connectivity index (χ0v) is 16.2. The summed E-state index contributed by atoms with van der Waals surface area (Å²) in [7, 11) is 0. The Hall–Kier alpha value is -4.66. The van der Waals surface area contributed by atoms with Crippen LogP contribution in [0.4, 0.5) is 5.69 Å². The highest BCUT2D eigenvalue weighted by Gasteiger charge is 2.19. The molecule has 5 aromatic rings. The third kappa shape index (κ3) is 3.79. The largest absolute Gasteiger partial charge is 0.319 e. The molecule has 0 atom stereocenters. The van der Waals surface area contributed by atoms with E-state index in [0.717, 1.165) is 16.9 Å². The minimum atomic E-state index is -0.416. The lowest BCUT2D eigenvalue weighted by molar-refractivity contribution is 0.101. The minimum absolute atomic E-state index is 0.0653. The Morgan fingerprint density at radius 2 is 1.58 bits per heavy atom. The second kappa shape index (κ2) is 7.99. The molecule has 0 radical (unpaired) electrons. The molecule has 1 N–H and O–H groups in total. The number of aromatic nitrogens is 7. The van der Waals surface area contributed by atoms with E-state index < -0.39 is 5.91 Å². The van der Waals surface area contributed by atoms with E-state index in [9.17, 15) is 4.79 Å². The number of anilines is 1. The molecule has 0 bridgehead atoms. The maximum absolute atomic E-state index is 12.9. The summed E-state index contributed by atoms with van der Waals surface area (Å²) in [5.41, 5.74) is 2.97. The number of hydrogen-bond donors (Lipinski definition) is 1. The molecular weight excluding hydrogens is 392 g/mol. The summed E-state index contributed by atoms with van der Waals surface area (Å²) in [5.74, 6) is 0.232. The van der Waals surface area contributed by atoms with Gasteiger partial charge in [0.15, 0.2) is 5.82 Å². The number of nitrogens with zero attached hydrogens (tertiary/aromatic N) is 7. The van der Waals surface area contributed by atoms with E-state index in [0.29, 0.717) is 11.5 Å². The number of para-hydroxylation sites is 1.